The average molecular weight is 451 g/mol. The monoisotopic (exact) mass is 451 g/mol. The third kappa shape index (κ3) is 3.69. The van der Waals surface area contributed by atoms with Crippen LogP contribution in [0.25, 0.3) is 0 Å². The maximum absolute atomic E-state index is 13.1. The average Bonchev–Trinajstić information content (AvgIpc) is 2.99. The molecule has 4 rings (SSSR count). The van der Waals surface area contributed by atoms with Gasteiger partial charge in [0.05, 0.1) is 22.4 Å². The van der Waals surface area contributed by atoms with E-state index >= 15 is 0 Å². The van der Waals surface area contributed by atoms with Crippen molar-refractivity contribution in [3.63, 3.8) is 0 Å². The van der Waals surface area contributed by atoms with Crippen LogP contribution in [-0.4, -0.2) is 50.7 Å². The van der Waals surface area contributed by atoms with E-state index in [0.717, 1.165) is 11.0 Å². The summed E-state index contributed by atoms with van der Waals surface area (Å²) in [4.78, 5) is 63.4. The summed E-state index contributed by atoms with van der Waals surface area (Å²) in [6.07, 6.45) is 0.00288. The third-order valence-electron chi connectivity index (χ3n) is 5.73. The van der Waals surface area contributed by atoms with Crippen molar-refractivity contribution in [2.45, 2.75) is 38.6 Å². The lowest BCUT2D eigenvalue weighted by atomic mass is 9.98. The van der Waals surface area contributed by atoms with Crippen molar-refractivity contribution >= 4 is 35.2 Å². The summed E-state index contributed by atoms with van der Waals surface area (Å²) < 4.78 is 0. The number of anilines is 1. The third-order valence-corrected chi connectivity index (χ3v) is 5.73. The molecule has 0 saturated carbocycles. The number of benzene rings is 2. The van der Waals surface area contributed by atoms with Gasteiger partial charge in [-0.2, -0.15) is 0 Å². The number of hydrogen-bond donors (Lipinski definition) is 4. The molecule has 170 valence electrons. The first-order valence-corrected chi connectivity index (χ1v) is 10.3. The maximum atomic E-state index is 13.1. The maximum Gasteiger partial charge on any atom is 0.264 e. The molecule has 4 N–H and O–H groups in total. The van der Waals surface area contributed by atoms with Crippen LogP contribution in [0.5, 0.6) is 11.5 Å². The highest BCUT2D eigenvalue weighted by Gasteiger charge is 2.45. The van der Waals surface area contributed by atoms with Crippen LogP contribution in [0.15, 0.2) is 30.3 Å². The fraction of sp³-hybridized carbons (Fsp3) is 0.261. The van der Waals surface area contributed by atoms with Crippen molar-refractivity contribution in [2.75, 3.05) is 5.32 Å². The van der Waals surface area contributed by atoms with E-state index in [1.165, 1.54) is 24.3 Å². The van der Waals surface area contributed by atoms with Gasteiger partial charge in [-0.1, -0.05) is 19.9 Å². The first-order chi connectivity index (χ1) is 15.6. The first-order valence-electron chi connectivity index (χ1n) is 10.3. The summed E-state index contributed by atoms with van der Waals surface area (Å²) in [5.74, 6) is -4.15. The number of piperidine rings is 1. The van der Waals surface area contributed by atoms with Crippen LogP contribution in [-0.2, 0) is 9.59 Å². The number of hydrogen-bond acceptors (Lipinski definition) is 7. The highest BCUT2D eigenvalue weighted by Crippen LogP contribution is 2.35. The molecular formula is C23H21N3O7. The van der Waals surface area contributed by atoms with E-state index in [1.54, 1.807) is 0 Å². The fourth-order valence-electron chi connectivity index (χ4n) is 4.05. The number of imide groups is 2. The Kier molecular flexibility index (Phi) is 5.36. The number of rotatable bonds is 4. The second kappa shape index (κ2) is 8.05. The lowest BCUT2D eigenvalue weighted by Crippen LogP contribution is -2.54. The molecule has 10 nitrogen and oxygen atoms in total. The van der Waals surface area contributed by atoms with Gasteiger partial charge in [0.2, 0.25) is 11.8 Å². The van der Waals surface area contributed by atoms with Crippen LogP contribution in [0.2, 0.25) is 0 Å². The van der Waals surface area contributed by atoms with Gasteiger partial charge < -0.3 is 15.5 Å². The molecule has 1 atom stereocenters. The Morgan fingerprint density at radius 2 is 1.82 bits per heavy atom. The van der Waals surface area contributed by atoms with Crippen LogP contribution in [0, 0.1) is 0 Å². The minimum atomic E-state index is -1.13. The molecule has 2 aliphatic rings. The summed E-state index contributed by atoms with van der Waals surface area (Å²) in [5, 5.41) is 24.8. The molecular weight excluding hydrogens is 430 g/mol. The van der Waals surface area contributed by atoms with Crippen LogP contribution >= 0.6 is 0 Å². The number of carbonyl (C=O) groups excluding carboxylic acids is 5. The Morgan fingerprint density at radius 1 is 1.09 bits per heavy atom. The fourth-order valence-corrected chi connectivity index (χ4v) is 4.05. The van der Waals surface area contributed by atoms with E-state index < -0.39 is 41.3 Å². The molecule has 1 unspecified atom stereocenters. The highest BCUT2D eigenvalue weighted by molar-refractivity contribution is 6.26. The number of carbonyl (C=O) groups is 5. The van der Waals surface area contributed by atoms with Crippen LogP contribution in [0.1, 0.15) is 69.2 Å². The lowest BCUT2D eigenvalue weighted by Gasteiger charge is -2.27. The molecule has 0 bridgehead atoms. The zero-order valence-corrected chi connectivity index (χ0v) is 17.8. The number of amides is 5. The van der Waals surface area contributed by atoms with E-state index in [1.807, 2.05) is 13.8 Å². The van der Waals surface area contributed by atoms with E-state index in [4.69, 9.17) is 0 Å². The molecule has 2 heterocycles. The van der Waals surface area contributed by atoms with Crippen molar-refractivity contribution in [3.05, 3.63) is 52.6 Å². The Hall–Kier alpha value is -4.21. The number of nitrogens with one attached hydrogen (secondary N) is 2. The van der Waals surface area contributed by atoms with Crippen molar-refractivity contribution < 1.29 is 34.2 Å². The van der Waals surface area contributed by atoms with Gasteiger partial charge in [-0.3, -0.25) is 34.2 Å². The SMILES string of the molecule is CC(C)c1cc(C(=O)Nc2cccc3c2C(=O)N(C2CCC(=O)NC2=O)C3=O)c(O)cc1O. The van der Waals surface area contributed by atoms with Crippen molar-refractivity contribution in [1.29, 1.82) is 0 Å². The van der Waals surface area contributed by atoms with Crippen molar-refractivity contribution in [2.24, 2.45) is 0 Å². The minimum absolute atomic E-state index is 0.00822. The van der Waals surface area contributed by atoms with Gasteiger partial charge in [0, 0.05) is 12.5 Å². The molecule has 0 aliphatic carbocycles. The predicted molar refractivity (Wildman–Crippen MR) is 115 cm³/mol. The molecule has 33 heavy (non-hydrogen) atoms. The van der Waals surface area contributed by atoms with E-state index in [9.17, 15) is 34.2 Å². The molecule has 0 aromatic heterocycles. The summed E-state index contributed by atoms with van der Waals surface area (Å²) in [6.45, 7) is 3.62. The molecule has 1 fully saturated rings. The molecule has 2 aliphatic heterocycles. The minimum Gasteiger partial charge on any atom is -0.508 e. The second-order valence-electron chi connectivity index (χ2n) is 8.21. The van der Waals surface area contributed by atoms with Gasteiger partial charge in [0.15, 0.2) is 0 Å². The Bertz CT molecular complexity index is 1230. The quantitative estimate of drug-likeness (QED) is 0.518. The molecule has 1 saturated heterocycles. The standard InChI is InChI=1S/C23H21N3O7/c1-10(2)12-8-13(17(28)9-16(12)27)20(30)24-14-5-3-4-11-19(14)23(33)26(22(11)32)15-6-7-18(29)25-21(15)31/h3-5,8-10,15,27-28H,6-7H2,1-2H3,(H,24,30)(H,25,29,31). The largest absolute Gasteiger partial charge is 0.508 e. The summed E-state index contributed by atoms with van der Waals surface area (Å²) >= 11 is 0. The van der Waals surface area contributed by atoms with Gasteiger partial charge in [0.25, 0.3) is 17.7 Å². The van der Waals surface area contributed by atoms with Crippen LogP contribution < -0.4 is 10.6 Å². The Labute approximate surface area is 188 Å². The normalized spacial score (nSPS) is 17.9. The molecule has 2 aromatic carbocycles. The summed E-state index contributed by atoms with van der Waals surface area (Å²) in [7, 11) is 0. The molecule has 5 amide bonds. The van der Waals surface area contributed by atoms with Crippen LogP contribution in [0.4, 0.5) is 5.69 Å². The number of phenolic OH excluding ortho intramolecular Hbond substituents is 2. The first kappa shape index (κ1) is 22.0. The zero-order chi connectivity index (χ0) is 24.0. The van der Waals surface area contributed by atoms with E-state index in [2.05, 4.69) is 10.6 Å². The van der Waals surface area contributed by atoms with E-state index in [-0.39, 0.29) is 46.9 Å². The molecule has 2 aromatic rings. The zero-order valence-electron chi connectivity index (χ0n) is 17.8. The smallest absolute Gasteiger partial charge is 0.264 e. The predicted octanol–water partition coefficient (Wildman–Crippen LogP) is 1.87. The van der Waals surface area contributed by atoms with Crippen molar-refractivity contribution in [1.82, 2.24) is 10.2 Å². The Balaban J connectivity index is 1.67. The lowest BCUT2D eigenvalue weighted by molar-refractivity contribution is -0.136. The van der Waals surface area contributed by atoms with Crippen LogP contribution in [0.3, 0.4) is 0 Å². The molecule has 0 radical (unpaired) electrons. The summed E-state index contributed by atoms with van der Waals surface area (Å²) in [5.41, 5.74) is 0.298. The van der Waals surface area contributed by atoms with Gasteiger partial charge in [0.1, 0.15) is 17.5 Å². The number of fused-ring (bicyclic) bond motifs is 1. The molecule has 0 spiro atoms. The number of phenols is 2. The second-order valence-corrected chi connectivity index (χ2v) is 8.21. The van der Waals surface area contributed by atoms with Gasteiger partial charge in [-0.15, -0.1) is 0 Å². The van der Waals surface area contributed by atoms with Gasteiger partial charge >= 0.3 is 0 Å². The topological polar surface area (TPSA) is 153 Å². The Morgan fingerprint density at radius 3 is 2.48 bits per heavy atom. The molecule has 10 heteroatoms. The van der Waals surface area contributed by atoms with Gasteiger partial charge in [-0.25, -0.2) is 0 Å². The van der Waals surface area contributed by atoms with Crippen molar-refractivity contribution in [3.8, 4) is 11.5 Å². The number of nitrogens with zero attached hydrogens (tertiary/aromatic N) is 1. The van der Waals surface area contributed by atoms with E-state index in [0.29, 0.717) is 5.56 Å². The highest BCUT2D eigenvalue weighted by atomic mass is 16.3. The number of aromatic hydroxyl groups is 2. The summed E-state index contributed by atoms with van der Waals surface area (Å²) in [6, 6.07) is 5.61. The van der Waals surface area contributed by atoms with Gasteiger partial charge in [-0.05, 0) is 36.1 Å².